The van der Waals surface area contributed by atoms with Crippen LogP contribution in [-0.2, 0) is 4.79 Å². The van der Waals surface area contributed by atoms with Crippen molar-refractivity contribution in [3.63, 3.8) is 0 Å². The topological polar surface area (TPSA) is 52.9 Å². The van der Waals surface area contributed by atoms with Crippen molar-refractivity contribution in [3.05, 3.63) is 11.6 Å². The van der Waals surface area contributed by atoms with Crippen molar-refractivity contribution in [3.8, 4) is 6.07 Å². The van der Waals surface area contributed by atoms with Gasteiger partial charge in [0.25, 0.3) is 0 Å². The van der Waals surface area contributed by atoms with E-state index in [0.717, 1.165) is 0 Å². The van der Waals surface area contributed by atoms with Crippen molar-refractivity contribution in [2.75, 3.05) is 6.54 Å². The van der Waals surface area contributed by atoms with Gasteiger partial charge in [-0.15, -0.1) is 0 Å². The third-order valence-corrected chi connectivity index (χ3v) is 2.82. The molecule has 1 saturated carbocycles. The fourth-order valence-corrected chi connectivity index (χ4v) is 1.97. The first-order valence-electron chi connectivity index (χ1n) is 5.33. The van der Waals surface area contributed by atoms with Gasteiger partial charge in [-0.2, -0.15) is 5.26 Å². The summed E-state index contributed by atoms with van der Waals surface area (Å²) in [6, 6.07) is 2.15. The fourth-order valence-electron chi connectivity index (χ4n) is 1.97. The van der Waals surface area contributed by atoms with Gasteiger partial charge in [0.05, 0.1) is 6.07 Å². The normalized spacial score (nSPS) is 28.5. The number of amides is 1. The number of nitriles is 1. The van der Waals surface area contributed by atoms with Crippen LogP contribution in [0.5, 0.6) is 0 Å². The van der Waals surface area contributed by atoms with E-state index in [1.54, 1.807) is 0 Å². The van der Waals surface area contributed by atoms with Crippen molar-refractivity contribution >= 4 is 5.91 Å². The van der Waals surface area contributed by atoms with Crippen molar-refractivity contribution in [2.24, 2.45) is 11.3 Å². The predicted molar refractivity (Wildman–Crippen MR) is 58.9 cm³/mol. The summed E-state index contributed by atoms with van der Waals surface area (Å²) in [4.78, 5) is 11.7. The third kappa shape index (κ3) is 2.59. The first-order chi connectivity index (χ1) is 7.00. The van der Waals surface area contributed by atoms with E-state index in [4.69, 9.17) is 5.26 Å². The monoisotopic (exact) mass is 206 g/mol. The Labute approximate surface area is 91.2 Å². The molecule has 15 heavy (non-hydrogen) atoms. The molecule has 0 aromatic carbocycles. The van der Waals surface area contributed by atoms with Crippen LogP contribution >= 0.6 is 0 Å². The first kappa shape index (κ1) is 11.8. The van der Waals surface area contributed by atoms with E-state index < -0.39 is 5.41 Å². The van der Waals surface area contributed by atoms with Crippen LogP contribution in [0.2, 0.25) is 0 Å². The Morgan fingerprint density at radius 3 is 2.60 bits per heavy atom. The second-order valence-electron chi connectivity index (χ2n) is 4.70. The van der Waals surface area contributed by atoms with E-state index >= 15 is 0 Å². The zero-order valence-corrected chi connectivity index (χ0v) is 9.63. The van der Waals surface area contributed by atoms with Gasteiger partial charge in [-0.3, -0.25) is 4.79 Å². The molecule has 0 heterocycles. The highest BCUT2D eigenvalue weighted by molar-refractivity contribution is 5.86. The molecule has 0 aromatic rings. The minimum Gasteiger partial charge on any atom is -0.351 e. The van der Waals surface area contributed by atoms with Crippen LogP contribution < -0.4 is 5.32 Å². The van der Waals surface area contributed by atoms with Gasteiger partial charge >= 0.3 is 0 Å². The maximum Gasteiger partial charge on any atom is 0.240 e. The minimum atomic E-state index is -0.741. The highest BCUT2D eigenvalue weighted by atomic mass is 16.2. The predicted octanol–water partition coefficient (Wildman–Crippen LogP) is 2.01. The lowest BCUT2D eigenvalue weighted by Gasteiger charge is -2.39. The first-order valence-corrected chi connectivity index (χ1v) is 5.33. The Morgan fingerprint density at radius 2 is 2.20 bits per heavy atom. The summed E-state index contributed by atoms with van der Waals surface area (Å²) < 4.78 is 0. The Kier molecular flexibility index (Phi) is 3.52. The smallest absolute Gasteiger partial charge is 0.240 e. The molecule has 1 fully saturated rings. The maximum absolute atomic E-state index is 11.7. The van der Waals surface area contributed by atoms with E-state index in [1.807, 2.05) is 19.9 Å². The van der Waals surface area contributed by atoms with Gasteiger partial charge < -0.3 is 5.32 Å². The Balaban J connectivity index is 2.47. The van der Waals surface area contributed by atoms with Crippen LogP contribution in [0, 0.1) is 22.7 Å². The lowest BCUT2D eigenvalue weighted by atomic mass is 9.63. The highest BCUT2D eigenvalue weighted by Gasteiger charge is 2.48. The van der Waals surface area contributed by atoms with Crippen LogP contribution in [0.4, 0.5) is 0 Å². The number of hydrogen-bond donors (Lipinski definition) is 1. The van der Waals surface area contributed by atoms with E-state index in [1.165, 1.54) is 5.57 Å². The van der Waals surface area contributed by atoms with Gasteiger partial charge in [-0.25, -0.2) is 0 Å². The summed E-state index contributed by atoms with van der Waals surface area (Å²) in [5, 5.41) is 11.8. The minimum absolute atomic E-state index is 0.111. The van der Waals surface area contributed by atoms with E-state index in [9.17, 15) is 4.79 Å². The zero-order chi connectivity index (χ0) is 11.5. The van der Waals surface area contributed by atoms with Gasteiger partial charge in [-0.1, -0.05) is 18.6 Å². The molecule has 0 atom stereocenters. The SMILES string of the molecule is CC(C)=CCNC(=O)C1(C#N)CC(C)C1. The van der Waals surface area contributed by atoms with Crippen LogP contribution in [-0.4, -0.2) is 12.5 Å². The van der Waals surface area contributed by atoms with Gasteiger partial charge in [0.15, 0.2) is 0 Å². The molecule has 0 bridgehead atoms. The Bertz CT molecular complexity index is 315. The number of carbonyl (C=O) groups excluding carboxylic acids is 1. The molecule has 0 aliphatic heterocycles. The molecule has 1 N–H and O–H groups in total. The third-order valence-electron chi connectivity index (χ3n) is 2.82. The molecule has 0 spiro atoms. The number of rotatable bonds is 3. The number of allylic oxidation sites excluding steroid dienone is 1. The molecule has 82 valence electrons. The standard InChI is InChI=1S/C12H18N2O/c1-9(2)4-5-14-11(15)12(8-13)6-10(3)7-12/h4,10H,5-7H2,1-3H3,(H,14,15). The van der Waals surface area contributed by atoms with Gasteiger partial charge in [-0.05, 0) is 32.6 Å². The van der Waals surface area contributed by atoms with E-state index in [0.29, 0.717) is 25.3 Å². The van der Waals surface area contributed by atoms with Crippen molar-refractivity contribution in [1.82, 2.24) is 5.32 Å². The van der Waals surface area contributed by atoms with Crippen LogP contribution in [0.25, 0.3) is 0 Å². The summed E-state index contributed by atoms with van der Waals surface area (Å²) in [5.41, 5.74) is 0.429. The molecule has 0 unspecified atom stereocenters. The largest absolute Gasteiger partial charge is 0.351 e. The molecule has 0 radical (unpaired) electrons. The molecule has 3 nitrogen and oxygen atoms in total. The van der Waals surface area contributed by atoms with Crippen LogP contribution in [0.15, 0.2) is 11.6 Å². The van der Waals surface area contributed by atoms with Gasteiger partial charge in [0.2, 0.25) is 5.91 Å². The molecule has 1 aliphatic rings. The molecule has 1 aliphatic carbocycles. The number of nitrogens with one attached hydrogen (secondary N) is 1. The summed E-state index contributed by atoms with van der Waals surface area (Å²) in [6.45, 7) is 6.56. The molecular weight excluding hydrogens is 188 g/mol. The average Bonchev–Trinajstić information content (AvgIpc) is 2.11. The van der Waals surface area contributed by atoms with Crippen molar-refractivity contribution < 1.29 is 4.79 Å². The van der Waals surface area contributed by atoms with Gasteiger partial charge in [0.1, 0.15) is 5.41 Å². The fraction of sp³-hybridized carbons (Fsp3) is 0.667. The molecule has 1 amide bonds. The average molecular weight is 206 g/mol. The molecule has 3 heteroatoms. The number of carbonyl (C=O) groups is 1. The van der Waals surface area contributed by atoms with E-state index in [2.05, 4.69) is 18.3 Å². The zero-order valence-electron chi connectivity index (χ0n) is 9.63. The highest BCUT2D eigenvalue weighted by Crippen LogP contribution is 2.44. The Morgan fingerprint density at radius 1 is 1.60 bits per heavy atom. The molecule has 0 aromatic heterocycles. The Hall–Kier alpha value is -1.30. The summed E-state index contributed by atoms with van der Waals surface area (Å²) in [5.74, 6) is 0.388. The lowest BCUT2D eigenvalue weighted by Crippen LogP contribution is -2.48. The lowest BCUT2D eigenvalue weighted by molar-refractivity contribution is -0.133. The van der Waals surface area contributed by atoms with Crippen molar-refractivity contribution in [1.29, 1.82) is 5.26 Å². The number of hydrogen-bond acceptors (Lipinski definition) is 2. The maximum atomic E-state index is 11.7. The molecular formula is C12H18N2O. The second-order valence-corrected chi connectivity index (χ2v) is 4.70. The number of nitrogens with zero attached hydrogens (tertiary/aromatic N) is 1. The quantitative estimate of drug-likeness (QED) is 0.718. The second kappa shape index (κ2) is 4.48. The van der Waals surface area contributed by atoms with E-state index in [-0.39, 0.29) is 5.91 Å². The van der Waals surface area contributed by atoms with Crippen molar-refractivity contribution in [2.45, 2.75) is 33.6 Å². The summed E-state index contributed by atoms with van der Waals surface area (Å²) >= 11 is 0. The van der Waals surface area contributed by atoms with Crippen LogP contribution in [0.3, 0.4) is 0 Å². The molecule has 0 saturated heterocycles. The van der Waals surface area contributed by atoms with Crippen LogP contribution in [0.1, 0.15) is 33.6 Å². The van der Waals surface area contributed by atoms with Gasteiger partial charge in [0, 0.05) is 6.54 Å². The molecule has 1 rings (SSSR count). The summed E-state index contributed by atoms with van der Waals surface area (Å²) in [6.07, 6.45) is 3.35. The summed E-state index contributed by atoms with van der Waals surface area (Å²) in [7, 11) is 0.